The Hall–Kier alpha value is -1.73. The van der Waals surface area contributed by atoms with Crippen LogP contribution in [0.25, 0.3) is 0 Å². The molecule has 0 aliphatic heterocycles. The predicted octanol–water partition coefficient (Wildman–Crippen LogP) is 2.49. The Morgan fingerprint density at radius 3 is 2.42 bits per heavy atom. The summed E-state index contributed by atoms with van der Waals surface area (Å²) < 4.78 is 5.28. The highest BCUT2D eigenvalue weighted by atomic mass is 32.2. The fourth-order valence-electron chi connectivity index (χ4n) is 2.03. The average molecular weight is 382 g/mol. The highest BCUT2D eigenvalue weighted by molar-refractivity contribution is 7.98. The number of nitrogens with one attached hydrogen (secondary N) is 2. The molecular formula is C19H31N3O3S. The number of carbonyl (C=O) groups is 2. The van der Waals surface area contributed by atoms with E-state index in [4.69, 9.17) is 4.74 Å². The summed E-state index contributed by atoms with van der Waals surface area (Å²) in [5.41, 5.74) is 0.578. The number of likely N-dealkylation sites (N-methyl/N-ethyl adjacent to an activating group) is 1. The third-order valence-electron chi connectivity index (χ3n) is 3.26. The largest absolute Gasteiger partial charge is 0.444 e. The van der Waals surface area contributed by atoms with Gasteiger partial charge in [0, 0.05) is 24.6 Å². The zero-order valence-electron chi connectivity index (χ0n) is 16.4. The fourth-order valence-corrected chi connectivity index (χ4v) is 3.04. The summed E-state index contributed by atoms with van der Waals surface area (Å²) in [4.78, 5) is 26.5. The maximum Gasteiger partial charge on any atom is 0.408 e. The summed E-state index contributed by atoms with van der Waals surface area (Å²) >= 11 is 1.60. The molecule has 2 amide bonds. The molecule has 0 aliphatic carbocycles. The van der Waals surface area contributed by atoms with Crippen molar-refractivity contribution in [2.24, 2.45) is 0 Å². The Bertz CT molecular complexity index is 559. The minimum Gasteiger partial charge on any atom is -0.444 e. The van der Waals surface area contributed by atoms with Gasteiger partial charge in [0.1, 0.15) is 11.6 Å². The number of thioether (sulfide) groups is 1. The molecule has 0 radical (unpaired) electrons. The van der Waals surface area contributed by atoms with E-state index >= 15 is 0 Å². The summed E-state index contributed by atoms with van der Waals surface area (Å²) in [5.74, 6) is 1.05. The lowest BCUT2D eigenvalue weighted by Crippen LogP contribution is -2.50. The molecule has 0 aliphatic rings. The molecule has 1 rings (SSSR count). The van der Waals surface area contributed by atoms with Crippen molar-refractivity contribution in [1.29, 1.82) is 0 Å². The highest BCUT2D eigenvalue weighted by Gasteiger charge is 2.24. The Balaban J connectivity index is 2.58. The summed E-state index contributed by atoms with van der Waals surface area (Å²) in [6.45, 7) is 6.65. The third-order valence-corrected chi connectivity index (χ3v) is 4.37. The summed E-state index contributed by atoms with van der Waals surface area (Å²) in [5, 5.41) is 5.56. The second-order valence-corrected chi connectivity index (χ2v) is 8.32. The van der Waals surface area contributed by atoms with Gasteiger partial charge in [-0.2, -0.15) is 11.8 Å². The molecule has 0 saturated carbocycles. The van der Waals surface area contributed by atoms with Crippen LogP contribution in [0.15, 0.2) is 30.3 Å². The van der Waals surface area contributed by atoms with Crippen LogP contribution in [0.1, 0.15) is 26.3 Å². The van der Waals surface area contributed by atoms with Gasteiger partial charge in [-0.3, -0.25) is 4.79 Å². The number of hydrogen-bond acceptors (Lipinski definition) is 5. The number of hydrogen-bond donors (Lipinski definition) is 2. The van der Waals surface area contributed by atoms with E-state index in [0.717, 1.165) is 12.3 Å². The molecule has 26 heavy (non-hydrogen) atoms. The van der Waals surface area contributed by atoms with E-state index in [1.165, 1.54) is 5.56 Å². The molecule has 0 bridgehead atoms. The summed E-state index contributed by atoms with van der Waals surface area (Å²) in [6, 6.07) is 9.39. The normalized spacial score (nSPS) is 12.5. The van der Waals surface area contributed by atoms with Crippen molar-refractivity contribution >= 4 is 23.8 Å². The first kappa shape index (κ1) is 22.3. The maximum absolute atomic E-state index is 12.5. The van der Waals surface area contributed by atoms with Crippen molar-refractivity contribution in [2.75, 3.05) is 32.9 Å². The number of alkyl carbamates (subject to hydrolysis) is 1. The van der Waals surface area contributed by atoms with Crippen LogP contribution in [0, 0.1) is 0 Å². The van der Waals surface area contributed by atoms with Gasteiger partial charge in [-0.1, -0.05) is 30.3 Å². The van der Waals surface area contributed by atoms with E-state index in [-0.39, 0.29) is 5.91 Å². The second-order valence-electron chi connectivity index (χ2n) is 7.29. The number of ether oxygens (including phenoxy) is 1. The van der Waals surface area contributed by atoms with Gasteiger partial charge < -0.3 is 20.3 Å². The molecule has 0 heterocycles. The monoisotopic (exact) mass is 381 g/mol. The minimum absolute atomic E-state index is 0.196. The molecule has 0 unspecified atom stereocenters. The Morgan fingerprint density at radius 1 is 1.19 bits per heavy atom. The van der Waals surface area contributed by atoms with E-state index in [1.807, 2.05) is 49.3 Å². The van der Waals surface area contributed by atoms with Crippen LogP contribution < -0.4 is 10.6 Å². The van der Waals surface area contributed by atoms with Crippen LogP contribution in [0.4, 0.5) is 4.79 Å². The van der Waals surface area contributed by atoms with Gasteiger partial charge in [-0.25, -0.2) is 4.79 Å². The highest BCUT2D eigenvalue weighted by Crippen LogP contribution is 2.14. The van der Waals surface area contributed by atoms with Crippen molar-refractivity contribution < 1.29 is 14.3 Å². The lowest BCUT2D eigenvalue weighted by molar-refractivity contribution is -0.122. The molecule has 0 aromatic heterocycles. The smallest absolute Gasteiger partial charge is 0.408 e. The van der Waals surface area contributed by atoms with Crippen molar-refractivity contribution in [1.82, 2.24) is 15.5 Å². The first-order valence-electron chi connectivity index (χ1n) is 8.71. The van der Waals surface area contributed by atoms with Crippen LogP contribution >= 0.6 is 11.8 Å². The standard InChI is InChI=1S/C19H31N3O3S/c1-19(2,3)25-18(24)21-16(17(23)20-11-12-22(4)5)14-26-13-15-9-7-6-8-10-15/h6-10,16H,11-14H2,1-5H3,(H,20,23)(H,21,24)/t16-/m0/s1. The minimum atomic E-state index is -0.638. The van der Waals surface area contributed by atoms with Gasteiger partial charge in [0.2, 0.25) is 5.91 Å². The first-order valence-corrected chi connectivity index (χ1v) is 9.86. The van der Waals surface area contributed by atoms with Gasteiger partial charge in [-0.05, 0) is 40.4 Å². The third kappa shape index (κ3) is 10.3. The van der Waals surface area contributed by atoms with Gasteiger partial charge in [0.25, 0.3) is 0 Å². The van der Waals surface area contributed by atoms with Gasteiger partial charge >= 0.3 is 6.09 Å². The lowest BCUT2D eigenvalue weighted by atomic mass is 10.2. The average Bonchev–Trinajstić information content (AvgIpc) is 2.52. The van der Waals surface area contributed by atoms with Crippen molar-refractivity contribution in [3.63, 3.8) is 0 Å². The molecule has 146 valence electrons. The van der Waals surface area contributed by atoms with Crippen molar-refractivity contribution in [2.45, 2.75) is 38.2 Å². The molecule has 7 heteroatoms. The summed E-state index contributed by atoms with van der Waals surface area (Å²) in [6.07, 6.45) is -0.578. The first-order chi connectivity index (χ1) is 12.2. The van der Waals surface area contributed by atoms with Gasteiger partial charge in [-0.15, -0.1) is 0 Å². The quantitative estimate of drug-likeness (QED) is 0.688. The van der Waals surface area contributed by atoms with E-state index < -0.39 is 17.7 Å². The van der Waals surface area contributed by atoms with Crippen LogP contribution in [-0.4, -0.2) is 61.5 Å². The predicted molar refractivity (Wildman–Crippen MR) is 107 cm³/mol. The van der Waals surface area contributed by atoms with E-state index in [9.17, 15) is 9.59 Å². The summed E-state index contributed by atoms with van der Waals surface area (Å²) in [7, 11) is 3.89. The number of benzene rings is 1. The van der Waals surface area contributed by atoms with E-state index in [1.54, 1.807) is 32.5 Å². The second kappa shape index (κ2) is 11.1. The van der Waals surface area contributed by atoms with Crippen molar-refractivity contribution in [3.05, 3.63) is 35.9 Å². The molecule has 0 saturated heterocycles. The number of amides is 2. The molecule has 6 nitrogen and oxygen atoms in total. The zero-order valence-corrected chi connectivity index (χ0v) is 17.2. The van der Waals surface area contributed by atoms with Crippen LogP contribution in [0.3, 0.4) is 0 Å². The fraction of sp³-hybridized carbons (Fsp3) is 0.579. The molecule has 2 N–H and O–H groups in total. The number of nitrogens with zero attached hydrogens (tertiary/aromatic N) is 1. The Morgan fingerprint density at radius 2 is 1.85 bits per heavy atom. The van der Waals surface area contributed by atoms with Gasteiger partial charge in [0.05, 0.1) is 0 Å². The molecular weight excluding hydrogens is 350 g/mol. The lowest BCUT2D eigenvalue weighted by Gasteiger charge is -2.23. The van der Waals surface area contributed by atoms with E-state index in [2.05, 4.69) is 10.6 Å². The maximum atomic E-state index is 12.5. The molecule has 1 atom stereocenters. The molecule has 1 aromatic rings. The Kier molecular flexibility index (Phi) is 9.51. The van der Waals surface area contributed by atoms with Gasteiger partial charge in [0.15, 0.2) is 0 Å². The number of carbonyl (C=O) groups excluding carboxylic acids is 2. The Labute approximate surface area is 161 Å². The van der Waals surface area contributed by atoms with Crippen LogP contribution in [-0.2, 0) is 15.3 Å². The number of rotatable bonds is 9. The van der Waals surface area contributed by atoms with E-state index in [0.29, 0.717) is 12.3 Å². The zero-order chi connectivity index (χ0) is 19.6. The van der Waals surface area contributed by atoms with Crippen LogP contribution in [0.2, 0.25) is 0 Å². The molecule has 1 aromatic carbocycles. The van der Waals surface area contributed by atoms with Crippen molar-refractivity contribution in [3.8, 4) is 0 Å². The SMILES string of the molecule is CN(C)CCNC(=O)[C@H](CSCc1ccccc1)NC(=O)OC(C)(C)C. The topological polar surface area (TPSA) is 70.7 Å². The molecule has 0 fully saturated rings. The van der Waals surface area contributed by atoms with Crippen LogP contribution in [0.5, 0.6) is 0 Å². The molecule has 0 spiro atoms.